The molecule has 2 aromatic heterocycles. The van der Waals surface area contributed by atoms with Crippen molar-refractivity contribution < 1.29 is 13.9 Å². The summed E-state index contributed by atoms with van der Waals surface area (Å²) in [7, 11) is 3.34. The molecule has 0 fully saturated rings. The first kappa shape index (κ1) is 26.4. The van der Waals surface area contributed by atoms with Gasteiger partial charge in [0.05, 0.1) is 12.1 Å². The van der Waals surface area contributed by atoms with E-state index in [2.05, 4.69) is 43.9 Å². The van der Waals surface area contributed by atoms with Crippen LogP contribution in [0, 0.1) is 5.82 Å². The molecule has 3 aromatic rings. The van der Waals surface area contributed by atoms with Crippen LogP contribution in [0.4, 0.5) is 15.9 Å². The first-order valence-corrected chi connectivity index (χ1v) is 15.2. The third kappa shape index (κ3) is 6.16. The molecule has 0 aliphatic carbocycles. The van der Waals surface area contributed by atoms with E-state index < -0.39 is 10.0 Å². The Balaban J connectivity index is 1.67. The van der Waals surface area contributed by atoms with Crippen molar-refractivity contribution in [3.63, 3.8) is 0 Å². The molecule has 4 rings (SSSR count). The molecule has 1 amide bonds. The Hall–Kier alpha value is -2.69. The molecule has 0 saturated carbocycles. The fourth-order valence-electron chi connectivity index (χ4n) is 4.34. The van der Waals surface area contributed by atoms with Crippen LogP contribution < -0.4 is 10.2 Å². The highest BCUT2D eigenvalue weighted by Crippen LogP contribution is 2.38. The number of halogens is 1. The number of hydrogen-bond donors (Lipinski definition) is 1. The maximum absolute atomic E-state index is 13.8. The Labute approximate surface area is 214 Å². The van der Waals surface area contributed by atoms with Crippen LogP contribution in [0.2, 0.25) is 0 Å². The van der Waals surface area contributed by atoms with Gasteiger partial charge in [0.15, 0.2) is 5.82 Å². The van der Waals surface area contributed by atoms with Gasteiger partial charge in [0.2, 0.25) is 0 Å². The predicted molar refractivity (Wildman–Crippen MR) is 146 cm³/mol. The highest BCUT2D eigenvalue weighted by Gasteiger charge is 2.27. The number of rotatable bonds is 11. The molecule has 36 heavy (non-hydrogen) atoms. The minimum Gasteiger partial charge on any atom is -0.360 e. The molecule has 0 atom stereocenters. The third-order valence-electron chi connectivity index (χ3n) is 6.22. The summed E-state index contributed by atoms with van der Waals surface area (Å²) in [4.78, 5) is 26.5. The Kier molecular flexibility index (Phi) is 8.17. The van der Waals surface area contributed by atoms with Gasteiger partial charge in [-0.1, -0.05) is 0 Å². The molecule has 1 aliphatic rings. The lowest BCUT2D eigenvalue weighted by molar-refractivity contribution is 0.0825. The summed E-state index contributed by atoms with van der Waals surface area (Å²) in [5.74, 6) is 1.27. The molecule has 0 spiro atoms. The minimum atomic E-state index is -0.695. The Morgan fingerprint density at radius 2 is 2.03 bits per heavy atom. The maximum Gasteiger partial charge on any atom is 0.268 e. The van der Waals surface area contributed by atoms with Crippen LogP contribution >= 0.6 is 10.0 Å². The van der Waals surface area contributed by atoms with Crippen molar-refractivity contribution in [3.05, 3.63) is 47.7 Å². The largest absolute Gasteiger partial charge is 0.360 e. The number of amides is 1. The van der Waals surface area contributed by atoms with E-state index in [1.165, 1.54) is 12.4 Å². The number of nitrogens with one attached hydrogen (secondary N) is 1. The smallest absolute Gasteiger partial charge is 0.268 e. The molecule has 0 saturated heterocycles. The first-order valence-electron chi connectivity index (χ1n) is 12.2. The lowest BCUT2D eigenvalue weighted by Gasteiger charge is -2.25. The summed E-state index contributed by atoms with van der Waals surface area (Å²) in [5, 5.41) is 3.04. The van der Waals surface area contributed by atoms with Crippen molar-refractivity contribution in [2.24, 2.45) is 0 Å². The Morgan fingerprint density at radius 3 is 2.78 bits per heavy atom. The van der Waals surface area contributed by atoms with Crippen molar-refractivity contribution in [1.82, 2.24) is 24.8 Å². The van der Waals surface area contributed by atoms with Crippen molar-refractivity contribution >= 4 is 38.5 Å². The van der Waals surface area contributed by atoms with Gasteiger partial charge in [-0.25, -0.2) is 24.4 Å². The quantitative estimate of drug-likeness (QED) is 0.393. The highest BCUT2D eigenvalue weighted by atomic mass is 32.3. The molecular weight excluding hydrogens is 479 g/mol. The number of nitrogens with zero attached hydrogens (tertiary/aromatic N) is 5. The number of carbonyl (C=O) groups is 1. The monoisotopic (exact) mass is 516 g/mol. The molecule has 0 unspecified atom stereocenters. The second kappa shape index (κ2) is 11.1. The third-order valence-corrected chi connectivity index (χ3v) is 7.61. The van der Waals surface area contributed by atoms with E-state index in [9.17, 15) is 9.18 Å². The Bertz CT molecular complexity index is 1220. The van der Waals surface area contributed by atoms with E-state index in [4.69, 9.17) is 4.74 Å². The SMILES string of the molecule is CN(C)CCCNC(=O)c1cc2ncnc(N3CCc4cc(F)ccc43)c2n1COCCS(C)(C)C. The highest BCUT2D eigenvalue weighted by molar-refractivity contribution is 8.32. The minimum absolute atomic E-state index is 0.161. The van der Waals surface area contributed by atoms with E-state index in [1.807, 2.05) is 24.7 Å². The molecule has 10 heteroatoms. The molecule has 1 aliphatic heterocycles. The van der Waals surface area contributed by atoms with Crippen molar-refractivity contribution in [3.8, 4) is 0 Å². The zero-order chi connectivity index (χ0) is 25.9. The van der Waals surface area contributed by atoms with E-state index in [-0.39, 0.29) is 18.5 Å². The summed E-state index contributed by atoms with van der Waals surface area (Å²) >= 11 is 0. The second-order valence-corrected chi connectivity index (χ2v) is 14.9. The lowest BCUT2D eigenvalue weighted by Crippen LogP contribution is -2.29. The number of fused-ring (bicyclic) bond motifs is 2. The zero-order valence-corrected chi connectivity index (χ0v) is 22.7. The molecule has 0 radical (unpaired) electrons. The van der Waals surface area contributed by atoms with Gasteiger partial charge in [0.1, 0.15) is 30.1 Å². The van der Waals surface area contributed by atoms with Gasteiger partial charge >= 0.3 is 0 Å². The number of anilines is 2. The summed E-state index contributed by atoms with van der Waals surface area (Å²) in [6.45, 7) is 2.99. The van der Waals surface area contributed by atoms with Crippen LogP contribution in [0.15, 0.2) is 30.6 Å². The predicted octanol–water partition coefficient (Wildman–Crippen LogP) is 3.61. The summed E-state index contributed by atoms with van der Waals surface area (Å²) in [5.41, 5.74) is 3.80. The van der Waals surface area contributed by atoms with Crippen LogP contribution in [0.1, 0.15) is 22.5 Å². The average Bonchev–Trinajstić information content (AvgIpc) is 3.40. The Morgan fingerprint density at radius 1 is 1.22 bits per heavy atom. The zero-order valence-electron chi connectivity index (χ0n) is 21.9. The van der Waals surface area contributed by atoms with Crippen LogP contribution in [0.3, 0.4) is 0 Å². The lowest BCUT2D eigenvalue weighted by atomic mass is 10.2. The summed E-state index contributed by atoms with van der Waals surface area (Å²) in [6.07, 6.45) is 9.88. The molecule has 8 nitrogen and oxygen atoms in total. The molecule has 1 aromatic carbocycles. The first-order chi connectivity index (χ1) is 17.1. The van der Waals surface area contributed by atoms with Crippen LogP contribution in [0.5, 0.6) is 0 Å². The van der Waals surface area contributed by atoms with Gasteiger partial charge in [-0.2, -0.15) is 0 Å². The number of aromatic nitrogens is 3. The van der Waals surface area contributed by atoms with Crippen molar-refractivity contribution in [2.45, 2.75) is 19.6 Å². The molecule has 1 N–H and O–H groups in total. The van der Waals surface area contributed by atoms with Gasteiger partial charge in [0.25, 0.3) is 5.91 Å². The van der Waals surface area contributed by atoms with Crippen LogP contribution in [-0.2, 0) is 17.9 Å². The number of ether oxygens (including phenoxy) is 1. The van der Waals surface area contributed by atoms with Crippen LogP contribution in [0.25, 0.3) is 11.0 Å². The molecule has 196 valence electrons. The van der Waals surface area contributed by atoms with E-state index in [0.717, 1.165) is 41.9 Å². The summed E-state index contributed by atoms with van der Waals surface area (Å²) in [6, 6.07) is 6.65. The van der Waals surface area contributed by atoms with Gasteiger partial charge < -0.3 is 24.4 Å². The van der Waals surface area contributed by atoms with Crippen molar-refractivity contribution in [2.75, 3.05) is 69.8 Å². The molecule has 3 heterocycles. The number of benzene rings is 1. The fraction of sp³-hybridized carbons (Fsp3) is 0.500. The van der Waals surface area contributed by atoms with E-state index in [1.54, 1.807) is 12.1 Å². The van der Waals surface area contributed by atoms with E-state index in [0.29, 0.717) is 36.7 Å². The average molecular weight is 517 g/mol. The van der Waals surface area contributed by atoms with Crippen LogP contribution in [-0.4, -0.2) is 90.2 Å². The molecular formula is C26H37FN6O2S. The van der Waals surface area contributed by atoms with Gasteiger partial charge in [-0.05, 0) is 82.1 Å². The summed E-state index contributed by atoms with van der Waals surface area (Å²) < 4.78 is 21.8. The van der Waals surface area contributed by atoms with E-state index >= 15 is 0 Å². The fourth-order valence-corrected chi connectivity index (χ4v) is 4.96. The second-order valence-electron chi connectivity index (χ2n) is 10.3. The van der Waals surface area contributed by atoms with Gasteiger partial charge in [-0.15, -0.1) is 0 Å². The van der Waals surface area contributed by atoms with Crippen molar-refractivity contribution in [1.29, 1.82) is 0 Å². The topological polar surface area (TPSA) is 75.5 Å². The number of carbonyl (C=O) groups excluding carboxylic acids is 1. The standard InChI is InChI=1S/C26H37FN6O2S/c1-31(2)11-6-10-28-26(34)23-16-21-24(33(23)18-35-13-14-36(3,4)5)25(30-17-29-21)32-12-9-19-15-20(27)7-8-22(19)32/h7-8,15-17H,6,9-14,18H2,1-5H3,(H,28,34). The molecule has 0 bridgehead atoms. The normalized spacial score (nSPS) is 14.0. The van der Waals surface area contributed by atoms with Gasteiger partial charge in [-0.3, -0.25) is 4.79 Å². The maximum atomic E-state index is 13.8. The number of hydrogen-bond acceptors (Lipinski definition) is 6. The van der Waals surface area contributed by atoms with Gasteiger partial charge in [0, 0.05) is 24.5 Å².